The van der Waals surface area contributed by atoms with E-state index >= 15 is 0 Å². The molecule has 0 bridgehead atoms. The zero-order valence-corrected chi connectivity index (χ0v) is 9.95. The van der Waals surface area contributed by atoms with E-state index in [-0.39, 0.29) is 24.0 Å². The Balaban J connectivity index is 1.67. The van der Waals surface area contributed by atoms with Gasteiger partial charge in [-0.3, -0.25) is 9.59 Å². The highest BCUT2D eigenvalue weighted by Crippen LogP contribution is 2.23. The van der Waals surface area contributed by atoms with Gasteiger partial charge in [-0.1, -0.05) is 0 Å². The van der Waals surface area contributed by atoms with Crippen molar-refractivity contribution in [3.05, 3.63) is 0 Å². The maximum Gasteiger partial charge on any atom is 0.242 e. The molecule has 1 saturated heterocycles. The van der Waals surface area contributed by atoms with E-state index in [1.165, 1.54) is 0 Å². The Morgan fingerprint density at radius 2 is 2.00 bits per heavy atom. The predicted molar refractivity (Wildman–Crippen MR) is 62.1 cm³/mol. The minimum absolute atomic E-state index is 0.0362. The van der Waals surface area contributed by atoms with Gasteiger partial charge in [-0.25, -0.2) is 0 Å². The predicted octanol–water partition coefficient (Wildman–Crippen LogP) is -0.0677. The molecule has 1 heterocycles. The van der Waals surface area contributed by atoms with E-state index in [9.17, 15) is 14.7 Å². The summed E-state index contributed by atoms with van der Waals surface area (Å²) < 4.78 is 0. The normalized spacial score (nSPS) is 33.2. The van der Waals surface area contributed by atoms with Gasteiger partial charge >= 0.3 is 0 Å². The topological polar surface area (TPSA) is 78.4 Å². The minimum Gasteiger partial charge on any atom is -0.393 e. The number of carbonyl (C=O) groups is 2. The first kappa shape index (κ1) is 12.4. The molecule has 0 aromatic carbocycles. The molecule has 0 aromatic rings. The number of nitrogens with one attached hydrogen (secondary N) is 2. The monoisotopic (exact) mass is 240 g/mol. The van der Waals surface area contributed by atoms with Crippen LogP contribution in [0.4, 0.5) is 0 Å². The quantitative estimate of drug-likeness (QED) is 0.646. The summed E-state index contributed by atoms with van der Waals surface area (Å²) in [6, 6.07) is -0.336. The molecular weight excluding hydrogens is 220 g/mol. The fourth-order valence-electron chi connectivity index (χ4n) is 2.53. The lowest BCUT2D eigenvalue weighted by molar-refractivity contribution is -0.125. The summed E-state index contributed by atoms with van der Waals surface area (Å²) in [6.07, 6.45) is 4.51. The number of carbonyl (C=O) groups excluding carboxylic acids is 2. The Kier molecular flexibility index (Phi) is 3.99. The van der Waals surface area contributed by atoms with Crippen LogP contribution in [-0.4, -0.2) is 35.6 Å². The van der Waals surface area contributed by atoms with E-state index in [0.717, 1.165) is 25.7 Å². The lowest BCUT2D eigenvalue weighted by Gasteiger charge is -2.25. The van der Waals surface area contributed by atoms with Crippen LogP contribution in [-0.2, 0) is 9.59 Å². The molecule has 3 N–H and O–H groups in total. The fraction of sp³-hybridized carbons (Fsp3) is 0.833. The zero-order valence-electron chi connectivity index (χ0n) is 9.95. The van der Waals surface area contributed by atoms with Crippen LogP contribution in [0, 0.1) is 5.92 Å². The van der Waals surface area contributed by atoms with Crippen LogP contribution in [0.1, 0.15) is 38.5 Å². The summed E-state index contributed by atoms with van der Waals surface area (Å²) in [6.45, 7) is 0.665. The van der Waals surface area contributed by atoms with Gasteiger partial charge in [0, 0.05) is 13.0 Å². The van der Waals surface area contributed by atoms with Gasteiger partial charge in [0.05, 0.1) is 6.10 Å². The second kappa shape index (κ2) is 5.49. The number of amides is 2. The molecule has 0 spiro atoms. The summed E-state index contributed by atoms with van der Waals surface area (Å²) in [4.78, 5) is 22.7. The fourth-order valence-corrected chi connectivity index (χ4v) is 2.53. The standard InChI is InChI=1S/C12H20N2O3/c15-9-3-1-8(2-4-9)7-13-12(17)10-5-6-11(16)14-10/h8-10,15H,1-7H2,(H,13,17)(H,14,16). The molecule has 0 radical (unpaired) electrons. The molecule has 1 atom stereocenters. The van der Waals surface area contributed by atoms with Gasteiger partial charge < -0.3 is 15.7 Å². The third-order valence-electron chi connectivity index (χ3n) is 3.69. The summed E-state index contributed by atoms with van der Waals surface area (Å²) in [5.74, 6) is 0.368. The molecule has 2 amide bonds. The van der Waals surface area contributed by atoms with Crippen LogP contribution in [0.25, 0.3) is 0 Å². The largest absolute Gasteiger partial charge is 0.393 e. The van der Waals surface area contributed by atoms with E-state index in [0.29, 0.717) is 25.3 Å². The maximum absolute atomic E-state index is 11.7. The summed E-state index contributed by atoms with van der Waals surface area (Å²) in [5, 5.41) is 14.9. The third kappa shape index (κ3) is 3.43. The molecule has 5 nitrogen and oxygen atoms in total. The molecule has 1 aliphatic heterocycles. The Morgan fingerprint density at radius 3 is 2.59 bits per heavy atom. The summed E-state index contributed by atoms with van der Waals surface area (Å²) in [7, 11) is 0. The van der Waals surface area contributed by atoms with Gasteiger partial charge in [0.2, 0.25) is 11.8 Å². The number of aliphatic hydroxyl groups is 1. The van der Waals surface area contributed by atoms with E-state index in [1.807, 2.05) is 0 Å². The van der Waals surface area contributed by atoms with Crippen molar-refractivity contribution < 1.29 is 14.7 Å². The summed E-state index contributed by atoms with van der Waals surface area (Å²) >= 11 is 0. The molecular formula is C12H20N2O3. The first-order chi connectivity index (χ1) is 8.15. The molecule has 1 aliphatic carbocycles. The van der Waals surface area contributed by atoms with Crippen LogP contribution in [0.2, 0.25) is 0 Å². The van der Waals surface area contributed by atoms with Crippen molar-refractivity contribution in [2.45, 2.75) is 50.7 Å². The second-order valence-corrected chi connectivity index (χ2v) is 5.08. The van der Waals surface area contributed by atoms with E-state index in [1.54, 1.807) is 0 Å². The van der Waals surface area contributed by atoms with Crippen molar-refractivity contribution in [2.24, 2.45) is 5.92 Å². The molecule has 1 saturated carbocycles. The smallest absolute Gasteiger partial charge is 0.242 e. The van der Waals surface area contributed by atoms with Crippen LogP contribution >= 0.6 is 0 Å². The van der Waals surface area contributed by atoms with Gasteiger partial charge in [-0.15, -0.1) is 0 Å². The van der Waals surface area contributed by atoms with Crippen molar-refractivity contribution in [3.8, 4) is 0 Å². The molecule has 2 rings (SSSR count). The van der Waals surface area contributed by atoms with Crippen molar-refractivity contribution in [3.63, 3.8) is 0 Å². The molecule has 2 aliphatic rings. The lowest BCUT2D eigenvalue weighted by atomic mass is 9.87. The van der Waals surface area contributed by atoms with Gasteiger partial charge in [0.25, 0.3) is 0 Å². The number of aliphatic hydroxyl groups excluding tert-OH is 1. The average Bonchev–Trinajstić information content (AvgIpc) is 2.75. The van der Waals surface area contributed by atoms with Crippen molar-refractivity contribution >= 4 is 11.8 Å². The van der Waals surface area contributed by atoms with Crippen molar-refractivity contribution in [1.29, 1.82) is 0 Å². The highest BCUT2D eigenvalue weighted by molar-refractivity contribution is 5.90. The molecule has 1 unspecified atom stereocenters. The average molecular weight is 240 g/mol. The van der Waals surface area contributed by atoms with Crippen molar-refractivity contribution in [1.82, 2.24) is 10.6 Å². The van der Waals surface area contributed by atoms with Gasteiger partial charge in [0.15, 0.2) is 0 Å². The molecule has 0 aromatic heterocycles. The molecule has 2 fully saturated rings. The molecule has 5 heteroatoms. The Hall–Kier alpha value is -1.10. The van der Waals surface area contributed by atoms with Crippen LogP contribution < -0.4 is 10.6 Å². The SMILES string of the molecule is O=C1CCC(C(=O)NCC2CCC(O)CC2)N1. The minimum atomic E-state index is -0.336. The van der Waals surface area contributed by atoms with Gasteiger partial charge in [-0.05, 0) is 38.0 Å². The van der Waals surface area contributed by atoms with Crippen molar-refractivity contribution in [2.75, 3.05) is 6.54 Å². The van der Waals surface area contributed by atoms with Crippen LogP contribution in [0.3, 0.4) is 0 Å². The first-order valence-corrected chi connectivity index (χ1v) is 6.40. The van der Waals surface area contributed by atoms with E-state index < -0.39 is 0 Å². The molecule has 17 heavy (non-hydrogen) atoms. The number of rotatable bonds is 3. The first-order valence-electron chi connectivity index (χ1n) is 6.40. The maximum atomic E-state index is 11.7. The molecule has 96 valence electrons. The lowest BCUT2D eigenvalue weighted by Crippen LogP contribution is -2.43. The summed E-state index contributed by atoms with van der Waals surface area (Å²) in [5.41, 5.74) is 0. The van der Waals surface area contributed by atoms with Gasteiger partial charge in [0.1, 0.15) is 6.04 Å². The number of hydrogen-bond donors (Lipinski definition) is 3. The van der Waals surface area contributed by atoms with Gasteiger partial charge in [-0.2, -0.15) is 0 Å². The zero-order chi connectivity index (χ0) is 12.3. The highest BCUT2D eigenvalue weighted by Gasteiger charge is 2.27. The Morgan fingerprint density at radius 1 is 1.29 bits per heavy atom. The second-order valence-electron chi connectivity index (χ2n) is 5.08. The van der Waals surface area contributed by atoms with Crippen LogP contribution in [0.15, 0.2) is 0 Å². The third-order valence-corrected chi connectivity index (χ3v) is 3.69. The Bertz CT molecular complexity index is 298. The van der Waals surface area contributed by atoms with E-state index in [2.05, 4.69) is 10.6 Å². The highest BCUT2D eigenvalue weighted by atomic mass is 16.3. The van der Waals surface area contributed by atoms with E-state index in [4.69, 9.17) is 0 Å². The Labute approximate surface area is 101 Å². The number of hydrogen-bond acceptors (Lipinski definition) is 3. The van der Waals surface area contributed by atoms with Crippen LogP contribution in [0.5, 0.6) is 0 Å².